The van der Waals surface area contributed by atoms with Crippen LogP contribution in [0, 0.1) is 6.92 Å². The summed E-state index contributed by atoms with van der Waals surface area (Å²) in [4.78, 5) is 17.0. The number of ketones is 1. The van der Waals surface area contributed by atoms with E-state index >= 15 is 0 Å². The number of hydrogen-bond acceptors (Lipinski definition) is 3. The van der Waals surface area contributed by atoms with Gasteiger partial charge in [-0.2, -0.15) is 0 Å². The molecule has 1 aromatic carbocycles. The molecule has 0 atom stereocenters. The number of aliphatic hydroxyl groups is 1. The van der Waals surface area contributed by atoms with Crippen molar-refractivity contribution in [2.45, 2.75) is 90.4 Å². The minimum atomic E-state index is -0.0465. The average molecular weight is 418 g/mol. The molecule has 4 rings (SSSR count). The van der Waals surface area contributed by atoms with Gasteiger partial charge in [0, 0.05) is 30.0 Å². The quantitative estimate of drug-likeness (QED) is 0.605. The summed E-state index contributed by atoms with van der Waals surface area (Å²) >= 11 is 0. The molecule has 31 heavy (non-hydrogen) atoms. The van der Waals surface area contributed by atoms with Gasteiger partial charge in [0.15, 0.2) is 5.78 Å². The van der Waals surface area contributed by atoms with E-state index in [2.05, 4.69) is 66.7 Å². The van der Waals surface area contributed by atoms with E-state index in [1.807, 2.05) is 6.07 Å². The molecule has 1 fully saturated rings. The Labute approximate surface area is 186 Å². The average Bonchev–Trinajstić information content (AvgIpc) is 3.40. The zero-order valence-electron chi connectivity index (χ0n) is 20.0. The summed E-state index contributed by atoms with van der Waals surface area (Å²) in [7, 11) is 0. The molecule has 1 saturated carbocycles. The molecule has 164 valence electrons. The predicted octanol–water partition coefficient (Wildman–Crippen LogP) is 6.70. The molecule has 3 nitrogen and oxygen atoms in total. The number of carbonyl (C=O) groups excluding carboxylic acids is 1. The third-order valence-electron chi connectivity index (χ3n) is 6.94. The summed E-state index contributed by atoms with van der Waals surface area (Å²) in [6.45, 7) is 16.0. The van der Waals surface area contributed by atoms with Gasteiger partial charge in [0.05, 0.1) is 11.3 Å². The molecule has 2 aliphatic carbocycles. The van der Waals surface area contributed by atoms with E-state index in [0.29, 0.717) is 18.4 Å². The fraction of sp³-hybridized carbons (Fsp3) is 0.500. The van der Waals surface area contributed by atoms with Crippen LogP contribution in [0.2, 0.25) is 0 Å². The first-order valence-corrected chi connectivity index (χ1v) is 11.4. The summed E-state index contributed by atoms with van der Waals surface area (Å²) in [5.74, 6) is 0.209. The molecule has 0 unspecified atom stereocenters. The minimum Gasteiger partial charge on any atom is -0.512 e. The number of aromatic nitrogens is 1. The fourth-order valence-corrected chi connectivity index (χ4v) is 5.05. The van der Waals surface area contributed by atoms with Gasteiger partial charge in [-0.15, -0.1) is 0 Å². The first kappa shape index (κ1) is 21.8. The number of allylic oxidation sites excluding steroid dienone is 2. The molecule has 1 heterocycles. The number of Topliss-reactive ketones (excluding diaryl/α,β-unsaturated/α-hetero) is 1. The Morgan fingerprint density at radius 2 is 1.55 bits per heavy atom. The van der Waals surface area contributed by atoms with Crippen LogP contribution in [0.15, 0.2) is 36.2 Å². The summed E-state index contributed by atoms with van der Waals surface area (Å²) in [6, 6.07) is 8.85. The summed E-state index contributed by atoms with van der Waals surface area (Å²) in [5.41, 5.74) is 7.88. The van der Waals surface area contributed by atoms with Crippen molar-refractivity contribution < 1.29 is 9.90 Å². The largest absolute Gasteiger partial charge is 0.512 e. The lowest BCUT2D eigenvalue weighted by atomic mass is 9.72. The second kappa shape index (κ2) is 7.05. The molecule has 0 aliphatic heterocycles. The molecule has 1 aromatic heterocycles. The maximum atomic E-state index is 12.1. The van der Waals surface area contributed by atoms with Gasteiger partial charge in [-0.3, -0.25) is 9.78 Å². The Bertz CT molecular complexity index is 1070. The number of aliphatic hydroxyl groups excluding tert-OH is 1. The minimum absolute atomic E-state index is 0.0108. The Morgan fingerprint density at radius 1 is 0.935 bits per heavy atom. The second-order valence-electron chi connectivity index (χ2n) is 11.5. The van der Waals surface area contributed by atoms with Crippen molar-refractivity contribution in [1.29, 1.82) is 0 Å². The van der Waals surface area contributed by atoms with Gasteiger partial charge in [0.25, 0.3) is 0 Å². The number of hydrogen-bond donors (Lipinski definition) is 1. The molecule has 0 amide bonds. The molecule has 1 N–H and O–H groups in total. The highest BCUT2D eigenvalue weighted by atomic mass is 16.3. The van der Waals surface area contributed by atoms with Crippen molar-refractivity contribution in [3.63, 3.8) is 0 Å². The van der Waals surface area contributed by atoms with Gasteiger partial charge in [-0.05, 0) is 58.9 Å². The number of benzene rings is 1. The van der Waals surface area contributed by atoms with Crippen molar-refractivity contribution in [3.8, 4) is 0 Å². The van der Waals surface area contributed by atoms with Gasteiger partial charge in [-0.25, -0.2) is 0 Å². The van der Waals surface area contributed by atoms with Crippen molar-refractivity contribution in [2.75, 3.05) is 0 Å². The normalized spacial score (nSPS) is 18.6. The van der Waals surface area contributed by atoms with Crippen LogP contribution < -0.4 is 0 Å². The fourth-order valence-electron chi connectivity index (χ4n) is 5.05. The topological polar surface area (TPSA) is 50.2 Å². The van der Waals surface area contributed by atoms with E-state index in [0.717, 1.165) is 24.1 Å². The standard InChI is InChI=1S/C28H35NO2/c1-17-14-20(26(2,3)4)21(27(5,6)7)15-19(17)28(12-13-28)24-11-8-18(16-29-24)25-22(30)9-10-23(25)31/h8,11,14-16,30H,9-10,12-13H2,1-7H3. The van der Waals surface area contributed by atoms with E-state index in [1.54, 1.807) is 6.20 Å². The zero-order chi connectivity index (χ0) is 22.8. The molecule has 2 aliphatic rings. The highest BCUT2D eigenvalue weighted by Gasteiger charge is 2.48. The Balaban J connectivity index is 1.78. The zero-order valence-corrected chi connectivity index (χ0v) is 20.0. The molecular formula is C28H35NO2. The van der Waals surface area contributed by atoms with Gasteiger partial charge in [-0.1, -0.05) is 59.7 Å². The van der Waals surface area contributed by atoms with Crippen LogP contribution in [0.4, 0.5) is 0 Å². The van der Waals surface area contributed by atoms with Gasteiger partial charge in [0.1, 0.15) is 5.76 Å². The van der Waals surface area contributed by atoms with E-state index < -0.39 is 0 Å². The van der Waals surface area contributed by atoms with Crippen LogP contribution in [0.3, 0.4) is 0 Å². The lowest BCUT2D eigenvalue weighted by Crippen LogP contribution is -2.24. The van der Waals surface area contributed by atoms with Crippen LogP contribution in [0.5, 0.6) is 0 Å². The smallest absolute Gasteiger partial charge is 0.167 e. The van der Waals surface area contributed by atoms with Crippen molar-refractivity contribution >= 4 is 11.4 Å². The lowest BCUT2D eigenvalue weighted by Gasteiger charge is -2.33. The van der Waals surface area contributed by atoms with Gasteiger partial charge >= 0.3 is 0 Å². The molecule has 0 saturated heterocycles. The van der Waals surface area contributed by atoms with Crippen molar-refractivity contribution in [2.24, 2.45) is 0 Å². The van der Waals surface area contributed by atoms with E-state index in [-0.39, 0.29) is 27.8 Å². The van der Waals surface area contributed by atoms with Crippen molar-refractivity contribution in [3.05, 3.63) is 69.7 Å². The summed E-state index contributed by atoms with van der Waals surface area (Å²) in [5, 5.41) is 10.1. The third-order valence-corrected chi connectivity index (χ3v) is 6.94. The van der Waals surface area contributed by atoms with Crippen LogP contribution >= 0.6 is 0 Å². The summed E-state index contributed by atoms with van der Waals surface area (Å²) in [6.07, 6.45) is 4.78. The van der Waals surface area contributed by atoms with Crippen LogP contribution in [-0.2, 0) is 21.0 Å². The number of rotatable bonds is 3. The molecule has 0 bridgehead atoms. The maximum absolute atomic E-state index is 12.1. The molecule has 0 radical (unpaired) electrons. The Kier molecular flexibility index (Phi) is 4.96. The monoisotopic (exact) mass is 417 g/mol. The van der Waals surface area contributed by atoms with Gasteiger partial charge in [0.2, 0.25) is 0 Å². The van der Waals surface area contributed by atoms with E-state index in [4.69, 9.17) is 4.98 Å². The van der Waals surface area contributed by atoms with Crippen LogP contribution in [0.1, 0.15) is 101 Å². The Morgan fingerprint density at radius 3 is 2.00 bits per heavy atom. The highest BCUT2D eigenvalue weighted by Crippen LogP contribution is 2.55. The predicted molar refractivity (Wildman–Crippen MR) is 127 cm³/mol. The molecule has 3 heteroatoms. The second-order valence-corrected chi connectivity index (χ2v) is 11.5. The number of carbonyl (C=O) groups is 1. The van der Waals surface area contributed by atoms with Gasteiger partial charge < -0.3 is 5.11 Å². The maximum Gasteiger partial charge on any atom is 0.167 e. The first-order valence-electron chi connectivity index (χ1n) is 11.4. The Hall–Kier alpha value is -2.42. The molecular weight excluding hydrogens is 382 g/mol. The SMILES string of the molecule is Cc1cc(C(C)(C)C)c(C(C)(C)C)cc1C1(c2ccc(C3=C(O)CCC3=O)cn2)CC1. The number of pyridine rings is 1. The van der Waals surface area contributed by atoms with Crippen LogP contribution in [-0.4, -0.2) is 15.9 Å². The lowest BCUT2D eigenvalue weighted by molar-refractivity contribution is -0.113. The van der Waals surface area contributed by atoms with Crippen LogP contribution in [0.25, 0.3) is 5.57 Å². The summed E-state index contributed by atoms with van der Waals surface area (Å²) < 4.78 is 0. The van der Waals surface area contributed by atoms with E-state index in [9.17, 15) is 9.90 Å². The molecule has 0 spiro atoms. The molecule has 2 aromatic rings. The van der Waals surface area contributed by atoms with E-state index in [1.165, 1.54) is 22.3 Å². The first-order chi connectivity index (χ1) is 14.3. The number of aryl methyl sites for hydroxylation is 1. The van der Waals surface area contributed by atoms with Crippen molar-refractivity contribution in [1.82, 2.24) is 4.98 Å². The third kappa shape index (κ3) is 3.73. The number of nitrogens with zero attached hydrogens (tertiary/aromatic N) is 1. The highest BCUT2D eigenvalue weighted by molar-refractivity contribution is 6.23.